The van der Waals surface area contributed by atoms with E-state index >= 15 is 0 Å². The zero-order valence-corrected chi connectivity index (χ0v) is 22.1. The summed E-state index contributed by atoms with van der Waals surface area (Å²) in [5, 5.41) is 5.12. The topological polar surface area (TPSA) is 133 Å². The van der Waals surface area contributed by atoms with Crippen LogP contribution in [0.5, 0.6) is 0 Å². The third-order valence-corrected chi connectivity index (χ3v) is 6.23. The number of ether oxygens (including phenoxy) is 1. The Morgan fingerprint density at radius 2 is 1.82 bits per heavy atom. The number of aromatic nitrogens is 1. The van der Waals surface area contributed by atoms with Gasteiger partial charge >= 0.3 is 5.97 Å². The fourth-order valence-corrected chi connectivity index (χ4v) is 4.06. The Labute approximate surface area is 222 Å². The Balaban J connectivity index is 1.95. The maximum atomic E-state index is 13.9. The average molecular weight is 523 g/mol. The van der Waals surface area contributed by atoms with Crippen molar-refractivity contribution in [2.75, 3.05) is 38.2 Å². The molecule has 0 saturated heterocycles. The molecule has 1 aromatic heterocycles. The van der Waals surface area contributed by atoms with Crippen molar-refractivity contribution in [1.82, 2.24) is 20.5 Å². The standard InChI is InChI=1S/C27H34N6O5/c1-5-32(6-2)15-16-33-21-13-8-7-11-19(21)24(20-12-9-10-14-28-20)30-25(27(33)37)31-26(36)18(3)29-22(34)17-23(35)38-4/h7-14,18,25H,5-6,15-17H2,1-4H3,(H,29,34)(H,31,36)/t18-,25?/m0/s1. The normalized spacial score (nSPS) is 15.7. The quantitative estimate of drug-likeness (QED) is 0.334. The number of hydrogen-bond donors (Lipinski definition) is 2. The number of nitrogens with zero attached hydrogens (tertiary/aromatic N) is 4. The number of rotatable bonds is 11. The van der Waals surface area contributed by atoms with Crippen LogP contribution in [-0.2, 0) is 23.9 Å². The van der Waals surface area contributed by atoms with Gasteiger partial charge in [0, 0.05) is 24.8 Å². The van der Waals surface area contributed by atoms with E-state index in [1.807, 2.05) is 30.3 Å². The number of esters is 1. The number of nitrogens with one attached hydrogen (secondary N) is 2. The highest BCUT2D eigenvalue weighted by Crippen LogP contribution is 2.27. The zero-order chi connectivity index (χ0) is 27.7. The Kier molecular flexibility index (Phi) is 10.1. The van der Waals surface area contributed by atoms with E-state index < -0.39 is 42.3 Å². The molecule has 0 saturated carbocycles. The van der Waals surface area contributed by atoms with Crippen LogP contribution in [-0.4, -0.2) is 84.8 Å². The van der Waals surface area contributed by atoms with Gasteiger partial charge in [0.05, 0.1) is 24.2 Å². The predicted octanol–water partition coefficient (Wildman–Crippen LogP) is 1.12. The van der Waals surface area contributed by atoms with E-state index in [9.17, 15) is 19.2 Å². The van der Waals surface area contributed by atoms with Crippen LogP contribution < -0.4 is 15.5 Å². The van der Waals surface area contributed by atoms with Crippen LogP contribution in [0.4, 0.5) is 5.69 Å². The smallest absolute Gasteiger partial charge is 0.315 e. The van der Waals surface area contributed by atoms with Gasteiger partial charge in [-0.2, -0.15) is 0 Å². The summed E-state index contributed by atoms with van der Waals surface area (Å²) in [4.78, 5) is 63.3. The molecule has 1 aliphatic rings. The molecular weight excluding hydrogens is 488 g/mol. The van der Waals surface area contributed by atoms with Crippen LogP contribution in [0.15, 0.2) is 53.7 Å². The molecule has 1 aliphatic heterocycles. The van der Waals surface area contributed by atoms with Crippen LogP contribution >= 0.6 is 0 Å². The van der Waals surface area contributed by atoms with Crippen LogP contribution in [0.1, 0.15) is 38.4 Å². The molecule has 2 heterocycles. The van der Waals surface area contributed by atoms with Gasteiger partial charge in [0.25, 0.3) is 5.91 Å². The molecule has 38 heavy (non-hydrogen) atoms. The molecule has 2 N–H and O–H groups in total. The Morgan fingerprint density at radius 1 is 1.11 bits per heavy atom. The van der Waals surface area contributed by atoms with E-state index in [1.54, 1.807) is 23.2 Å². The minimum Gasteiger partial charge on any atom is -0.469 e. The van der Waals surface area contributed by atoms with Crippen LogP contribution in [0.25, 0.3) is 0 Å². The monoisotopic (exact) mass is 522 g/mol. The fourth-order valence-electron chi connectivity index (χ4n) is 4.06. The molecule has 1 unspecified atom stereocenters. The van der Waals surface area contributed by atoms with E-state index in [0.717, 1.165) is 18.7 Å². The van der Waals surface area contributed by atoms with Gasteiger partial charge < -0.3 is 25.2 Å². The minimum absolute atomic E-state index is 0.389. The molecule has 0 radical (unpaired) electrons. The lowest BCUT2D eigenvalue weighted by Gasteiger charge is -2.28. The number of hydrogen-bond acceptors (Lipinski definition) is 8. The number of para-hydroxylation sites is 1. The van der Waals surface area contributed by atoms with Crippen molar-refractivity contribution in [2.24, 2.45) is 4.99 Å². The molecule has 0 fully saturated rings. The summed E-state index contributed by atoms with van der Waals surface area (Å²) < 4.78 is 4.49. The predicted molar refractivity (Wildman–Crippen MR) is 143 cm³/mol. The molecule has 0 bridgehead atoms. The van der Waals surface area contributed by atoms with Crippen molar-refractivity contribution in [3.8, 4) is 0 Å². The number of anilines is 1. The van der Waals surface area contributed by atoms with Gasteiger partial charge in [-0.15, -0.1) is 0 Å². The molecule has 202 valence electrons. The first-order chi connectivity index (χ1) is 18.3. The summed E-state index contributed by atoms with van der Waals surface area (Å²) in [5.74, 6) is -2.42. The van der Waals surface area contributed by atoms with E-state index in [0.29, 0.717) is 30.2 Å². The van der Waals surface area contributed by atoms with Crippen molar-refractivity contribution in [3.05, 3.63) is 59.9 Å². The van der Waals surface area contributed by atoms with E-state index in [-0.39, 0.29) is 0 Å². The molecule has 11 nitrogen and oxygen atoms in total. The lowest BCUT2D eigenvalue weighted by Crippen LogP contribution is -2.53. The zero-order valence-electron chi connectivity index (χ0n) is 22.1. The molecule has 2 atom stereocenters. The van der Waals surface area contributed by atoms with Crippen LogP contribution in [0.2, 0.25) is 0 Å². The van der Waals surface area contributed by atoms with Crippen LogP contribution in [0.3, 0.4) is 0 Å². The molecule has 2 aromatic rings. The lowest BCUT2D eigenvalue weighted by molar-refractivity contribution is -0.144. The second-order valence-corrected chi connectivity index (χ2v) is 8.68. The fraction of sp³-hybridized carbons (Fsp3) is 0.407. The van der Waals surface area contributed by atoms with Crippen molar-refractivity contribution >= 4 is 35.1 Å². The number of benzene rings is 1. The molecule has 3 amide bonds. The highest BCUT2D eigenvalue weighted by molar-refractivity contribution is 6.19. The number of amides is 3. The van der Waals surface area contributed by atoms with Crippen molar-refractivity contribution in [3.63, 3.8) is 0 Å². The summed E-state index contributed by atoms with van der Waals surface area (Å²) in [7, 11) is 1.17. The summed E-state index contributed by atoms with van der Waals surface area (Å²) in [6, 6.07) is 11.8. The third kappa shape index (κ3) is 7.00. The number of methoxy groups -OCH3 is 1. The van der Waals surface area contributed by atoms with Gasteiger partial charge in [0.1, 0.15) is 12.5 Å². The second-order valence-electron chi connectivity index (χ2n) is 8.68. The Morgan fingerprint density at radius 3 is 2.47 bits per heavy atom. The van der Waals surface area contributed by atoms with Crippen molar-refractivity contribution in [2.45, 2.75) is 39.4 Å². The molecule has 1 aromatic carbocycles. The number of carbonyl (C=O) groups excluding carboxylic acids is 4. The second kappa shape index (κ2) is 13.4. The maximum absolute atomic E-state index is 13.9. The highest BCUT2D eigenvalue weighted by Gasteiger charge is 2.34. The number of fused-ring (bicyclic) bond motifs is 1. The number of likely N-dealkylation sites (N-methyl/N-ethyl adjacent to an activating group) is 1. The molecule has 11 heteroatoms. The van der Waals surface area contributed by atoms with Gasteiger partial charge in [-0.1, -0.05) is 38.1 Å². The maximum Gasteiger partial charge on any atom is 0.315 e. The summed E-state index contributed by atoms with van der Waals surface area (Å²) in [6.07, 6.45) is -0.145. The number of pyridine rings is 1. The van der Waals surface area contributed by atoms with Gasteiger partial charge in [-0.05, 0) is 38.2 Å². The first-order valence-electron chi connectivity index (χ1n) is 12.6. The van der Waals surface area contributed by atoms with Gasteiger partial charge in [0.15, 0.2) is 0 Å². The average Bonchev–Trinajstić information content (AvgIpc) is 3.04. The first kappa shape index (κ1) is 28.5. The van der Waals surface area contributed by atoms with E-state index in [1.165, 1.54) is 14.0 Å². The van der Waals surface area contributed by atoms with Gasteiger partial charge in [-0.3, -0.25) is 24.2 Å². The highest BCUT2D eigenvalue weighted by atomic mass is 16.5. The Bertz CT molecular complexity index is 1180. The number of carbonyl (C=O) groups is 4. The summed E-state index contributed by atoms with van der Waals surface area (Å²) in [5.41, 5.74) is 2.41. The molecule has 0 spiro atoms. The molecular formula is C27H34N6O5. The Hall–Kier alpha value is -4.12. The molecule has 3 rings (SSSR count). The minimum atomic E-state index is -1.26. The van der Waals surface area contributed by atoms with Gasteiger partial charge in [-0.25, -0.2) is 4.99 Å². The summed E-state index contributed by atoms with van der Waals surface area (Å²) in [6.45, 7) is 8.26. The third-order valence-electron chi connectivity index (χ3n) is 6.23. The SMILES string of the molecule is CCN(CC)CCN1C(=O)C(NC(=O)[C@H](C)NC(=O)CC(=O)OC)N=C(c2ccccn2)c2ccccc21. The number of aliphatic imine (C=N–C) groups is 1. The van der Waals surface area contributed by atoms with E-state index in [4.69, 9.17) is 0 Å². The first-order valence-corrected chi connectivity index (χ1v) is 12.6. The largest absolute Gasteiger partial charge is 0.469 e. The molecule has 0 aliphatic carbocycles. The lowest BCUT2D eigenvalue weighted by atomic mass is 10.0. The van der Waals surface area contributed by atoms with E-state index in [2.05, 4.69) is 44.1 Å². The van der Waals surface area contributed by atoms with Crippen molar-refractivity contribution in [1.29, 1.82) is 0 Å². The summed E-state index contributed by atoms with van der Waals surface area (Å²) >= 11 is 0. The van der Waals surface area contributed by atoms with Gasteiger partial charge in [0.2, 0.25) is 18.0 Å². The number of benzodiazepines with no additional fused rings is 1. The van der Waals surface area contributed by atoms with Crippen LogP contribution in [0, 0.1) is 0 Å². The van der Waals surface area contributed by atoms with Crippen molar-refractivity contribution < 1.29 is 23.9 Å².